The largest absolute Gasteiger partial charge is 0.450 e. The van der Waals surface area contributed by atoms with E-state index in [1.807, 2.05) is 24.3 Å². The van der Waals surface area contributed by atoms with E-state index in [4.69, 9.17) is 4.74 Å². The van der Waals surface area contributed by atoms with E-state index in [1.54, 1.807) is 30.3 Å². The highest BCUT2D eigenvalue weighted by Gasteiger charge is 2.27. The number of hydrogen-bond donors (Lipinski definition) is 2. The molecule has 0 unspecified atom stereocenters. The third kappa shape index (κ3) is 5.76. The molecule has 1 aliphatic rings. The Balaban J connectivity index is 1.43. The Kier molecular flexibility index (Phi) is 6.97. The van der Waals surface area contributed by atoms with Crippen LogP contribution in [-0.4, -0.2) is 21.3 Å². The van der Waals surface area contributed by atoms with Crippen LogP contribution >= 0.6 is 11.8 Å². The van der Waals surface area contributed by atoms with Crippen LogP contribution in [-0.2, 0) is 11.2 Å². The molecule has 3 aromatic rings. The van der Waals surface area contributed by atoms with Crippen LogP contribution < -0.4 is 15.4 Å². The van der Waals surface area contributed by atoms with E-state index in [0.29, 0.717) is 10.7 Å². The lowest BCUT2D eigenvalue weighted by atomic mass is 10.1. The number of carbonyl (C=O) groups excluding carboxylic acids is 1. The maximum absolute atomic E-state index is 12.4. The van der Waals surface area contributed by atoms with Gasteiger partial charge in [-0.15, -0.1) is 0 Å². The molecule has 1 atom stereocenters. The average molecular weight is 493 g/mol. The van der Waals surface area contributed by atoms with Crippen molar-refractivity contribution in [3.8, 4) is 11.5 Å². The second-order valence-corrected chi connectivity index (χ2v) is 8.66. The smallest absolute Gasteiger partial charge is 0.318 e. The van der Waals surface area contributed by atoms with Gasteiger partial charge in [0.05, 0.1) is 20.8 Å². The number of ether oxygens (including phenoxy) is 1. The van der Waals surface area contributed by atoms with Gasteiger partial charge in [0.2, 0.25) is 5.75 Å². The molecule has 35 heavy (non-hydrogen) atoms. The number of benzene rings is 3. The summed E-state index contributed by atoms with van der Waals surface area (Å²) in [5, 5.41) is 28.3. The van der Waals surface area contributed by atoms with Crippen molar-refractivity contribution in [3.05, 3.63) is 103 Å². The predicted molar refractivity (Wildman–Crippen MR) is 133 cm³/mol. The van der Waals surface area contributed by atoms with Crippen molar-refractivity contribution in [2.75, 3.05) is 5.32 Å². The molecule has 2 N–H and O–H groups in total. The molecule has 1 saturated heterocycles. The fourth-order valence-corrected chi connectivity index (χ4v) is 4.30. The van der Waals surface area contributed by atoms with Gasteiger partial charge in [-0.25, -0.2) is 0 Å². The second-order valence-electron chi connectivity index (χ2n) is 7.51. The molecule has 0 aromatic heterocycles. The van der Waals surface area contributed by atoms with E-state index < -0.39 is 21.2 Å². The van der Waals surface area contributed by atoms with Crippen molar-refractivity contribution in [2.24, 2.45) is 0 Å². The van der Waals surface area contributed by atoms with Crippen LogP contribution in [0.5, 0.6) is 11.5 Å². The number of non-ortho nitro benzene ring substituents is 1. The summed E-state index contributed by atoms with van der Waals surface area (Å²) in [7, 11) is 0. The maximum atomic E-state index is 12.4. The third-order valence-electron chi connectivity index (χ3n) is 5.15. The molecule has 0 saturated carbocycles. The highest BCUT2D eigenvalue weighted by atomic mass is 32.2. The topological polar surface area (TPSA) is 137 Å². The number of nitro groups is 2. The standard InChI is InChI=1S/C24H20N4O6S/c1-2-15-3-7-17(8-4-15)25-24-26-23(29)22(35-24)13-16-5-10-19(11-6-16)34-21-12-9-18(27(30)31)14-20(21)28(32)33/h3-14,24-25H,2H2,1H3,(H,26,29)/b22-13-/t24-/m0/s1. The van der Waals surface area contributed by atoms with Crippen LogP contribution in [0.25, 0.3) is 6.08 Å². The van der Waals surface area contributed by atoms with Crippen LogP contribution in [0.2, 0.25) is 0 Å². The zero-order chi connectivity index (χ0) is 24.9. The molecule has 4 rings (SSSR count). The summed E-state index contributed by atoms with van der Waals surface area (Å²) >= 11 is 1.36. The van der Waals surface area contributed by atoms with Crippen molar-refractivity contribution in [3.63, 3.8) is 0 Å². The predicted octanol–water partition coefficient (Wildman–Crippen LogP) is 5.46. The van der Waals surface area contributed by atoms with Crippen molar-refractivity contribution < 1.29 is 19.4 Å². The normalized spacial score (nSPS) is 16.1. The Hall–Kier alpha value is -4.38. The quantitative estimate of drug-likeness (QED) is 0.240. The summed E-state index contributed by atoms with van der Waals surface area (Å²) in [4.78, 5) is 33.6. The second kappa shape index (κ2) is 10.3. The average Bonchev–Trinajstić information content (AvgIpc) is 3.19. The summed E-state index contributed by atoms with van der Waals surface area (Å²) in [5.74, 6) is 0.000486. The molecular weight excluding hydrogens is 472 g/mol. The Morgan fingerprint density at radius 1 is 1.03 bits per heavy atom. The number of amides is 1. The Morgan fingerprint density at radius 3 is 2.37 bits per heavy atom. The molecular formula is C24H20N4O6S. The lowest BCUT2D eigenvalue weighted by Crippen LogP contribution is -2.30. The van der Waals surface area contributed by atoms with Crippen molar-refractivity contribution in [1.29, 1.82) is 0 Å². The number of nitrogens with one attached hydrogen (secondary N) is 2. The van der Waals surface area contributed by atoms with Crippen molar-refractivity contribution in [2.45, 2.75) is 18.8 Å². The molecule has 1 fully saturated rings. The molecule has 0 spiro atoms. The Morgan fingerprint density at radius 2 is 1.74 bits per heavy atom. The fraction of sp³-hybridized carbons (Fsp3) is 0.125. The first-order chi connectivity index (χ1) is 16.8. The molecule has 1 heterocycles. The van der Waals surface area contributed by atoms with E-state index in [2.05, 4.69) is 17.6 Å². The number of aryl methyl sites for hydroxylation is 1. The summed E-state index contributed by atoms with van der Waals surface area (Å²) in [6.45, 7) is 2.09. The van der Waals surface area contributed by atoms with Gasteiger partial charge >= 0.3 is 5.69 Å². The molecule has 1 amide bonds. The first kappa shape index (κ1) is 23.8. The monoisotopic (exact) mass is 492 g/mol. The number of nitrogens with zero attached hydrogens (tertiary/aromatic N) is 2. The van der Waals surface area contributed by atoms with Gasteiger partial charge < -0.3 is 15.4 Å². The molecule has 0 radical (unpaired) electrons. The van der Waals surface area contributed by atoms with Gasteiger partial charge in [-0.3, -0.25) is 25.0 Å². The fourth-order valence-electron chi connectivity index (χ4n) is 3.31. The van der Waals surface area contributed by atoms with Crippen LogP contribution in [0.15, 0.2) is 71.6 Å². The summed E-state index contributed by atoms with van der Waals surface area (Å²) in [6.07, 6.45) is 2.69. The first-order valence-corrected chi connectivity index (χ1v) is 11.5. The molecule has 3 aromatic carbocycles. The van der Waals surface area contributed by atoms with Gasteiger partial charge in [-0.05, 0) is 54.0 Å². The van der Waals surface area contributed by atoms with Crippen molar-refractivity contribution >= 4 is 40.8 Å². The van der Waals surface area contributed by atoms with E-state index in [-0.39, 0.29) is 17.2 Å². The van der Waals surface area contributed by atoms with Gasteiger partial charge in [0.25, 0.3) is 11.6 Å². The number of hydrogen-bond acceptors (Lipinski definition) is 8. The van der Waals surface area contributed by atoms with E-state index >= 15 is 0 Å². The Bertz CT molecular complexity index is 1310. The van der Waals surface area contributed by atoms with Crippen LogP contribution in [0.3, 0.4) is 0 Å². The molecule has 11 heteroatoms. The zero-order valence-electron chi connectivity index (χ0n) is 18.5. The van der Waals surface area contributed by atoms with Gasteiger partial charge in [0.1, 0.15) is 5.75 Å². The highest BCUT2D eigenvalue weighted by molar-refractivity contribution is 8.05. The lowest BCUT2D eigenvalue weighted by Gasteiger charge is -2.12. The first-order valence-electron chi connectivity index (χ1n) is 10.6. The molecule has 0 bridgehead atoms. The van der Waals surface area contributed by atoms with Crippen LogP contribution in [0, 0.1) is 20.2 Å². The van der Waals surface area contributed by atoms with Gasteiger partial charge in [0.15, 0.2) is 5.50 Å². The summed E-state index contributed by atoms with van der Waals surface area (Å²) in [6, 6.07) is 17.8. The van der Waals surface area contributed by atoms with Gasteiger partial charge in [0, 0.05) is 11.8 Å². The van der Waals surface area contributed by atoms with E-state index in [9.17, 15) is 25.0 Å². The minimum absolute atomic E-state index is 0.113. The minimum atomic E-state index is -0.736. The SMILES string of the molecule is CCc1ccc(N[C@H]2NC(=O)/C(=C/c3ccc(Oc4ccc([N+](=O)[O-])cc4[N+](=O)[O-])cc3)S2)cc1. The van der Waals surface area contributed by atoms with E-state index in [0.717, 1.165) is 29.8 Å². The van der Waals surface area contributed by atoms with Crippen LogP contribution in [0.1, 0.15) is 18.1 Å². The van der Waals surface area contributed by atoms with E-state index in [1.165, 1.54) is 23.4 Å². The van der Waals surface area contributed by atoms with Gasteiger partial charge in [-0.2, -0.15) is 0 Å². The third-order valence-corrected chi connectivity index (χ3v) is 6.18. The highest BCUT2D eigenvalue weighted by Crippen LogP contribution is 2.35. The molecule has 178 valence electrons. The van der Waals surface area contributed by atoms with Crippen LogP contribution in [0.4, 0.5) is 17.1 Å². The number of carbonyl (C=O) groups is 1. The minimum Gasteiger partial charge on any atom is -0.450 e. The molecule has 0 aliphatic carbocycles. The summed E-state index contributed by atoms with van der Waals surface area (Å²) in [5.41, 5.74) is 1.67. The number of nitro benzene ring substituents is 2. The Labute approximate surface area is 204 Å². The lowest BCUT2D eigenvalue weighted by molar-refractivity contribution is -0.394. The van der Waals surface area contributed by atoms with Crippen molar-refractivity contribution in [1.82, 2.24) is 5.32 Å². The molecule has 1 aliphatic heterocycles. The molecule has 10 nitrogen and oxygen atoms in total. The number of anilines is 1. The zero-order valence-corrected chi connectivity index (χ0v) is 19.3. The number of thioether (sulfide) groups is 1. The maximum Gasteiger partial charge on any atom is 0.318 e. The summed E-state index contributed by atoms with van der Waals surface area (Å²) < 4.78 is 5.57. The van der Waals surface area contributed by atoms with Gasteiger partial charge in [-0.1, -0.05) is 43.0 Å². The number of rotatable bonds is 8.